The molecule has 9 heteroatoms. The Bertz CT molecular complexity index is 886. The molecular weight excluding hydrogens is 368 g/mol. The van der Waals surface area contributed by atoms with E-state index in [1.165, 1.54) is 11.3 Å². The predicted octanol–water partition coefficient (Wildman–Crippen LogP) is 2.93. The zero-order chi connectivity index (χ0) is 19.0. The Balaban J connectivity index is 1.47. The fourth-order valence-electron chi connectivity index (χ4n) is 4.17. The molecule has 2 N–H and O–H groups in total. The summed E-state index contributed by atoms with van der Waals surface area (Å²) in [7, 11) is 1.59. The van der Waals surface area contributed by atoms with E-state index in [9.17, 15) is 14.7 Å². The lowest BCUT2D eigenvalue weighted by atomic mass is 9.81. The van der Waals surface area contributed by atoms with Crippen molar-refractivity contribution in [1.82, 2.24) is 15.1 Å². The van der Waals surface area contributed by atoms with E-state index in [4.69, 9.17) is 4.74 Å². The number of urea groups is 1. The van der Waals surface area contributed by atoms with Gasteiger partial charge in [0.15, 0.2) is 5.01 Å². The first kappa shape index (κ1) is 17.7. The molecular formula is C18H20N4O4S. The molecule has 4 rings (SSSR count). The number of carbonyl (C=O) groups is 2. The normalized spacial score (nSPS) is 23.9. The summed E-state index contributed by atoms with van der Waals surface area (Å²) in [5, 5.41) is 21.6. The summed E-state index contributed by atoms with van der Waals surface area (Å²) in [4.78, 5) is 26.0. The van der Waals surface area contributed by atoms with Crippen LogP contribution in [-0.4, -0.2) is 52.4 Å². The number of rotatable bonds is 4. The Morgan fingerprint density at radius 3 is 2.93 bits per heavy atom. The van der Waals surface area contributed by atoms with Crippen LogP contribution in [0.5, 0.6) is 5.75 Å². The fraction of sp³-hybridized carbons (Fsp3) is 0.444. The molecule has 0 spiro atoms. The highest BCUT2D eigenvalue weighted by Gasteiger charge is 2.55. The van der Waals surface area contributed by atoms with Crippen LogP contribution in [0.15, 0.2) is 24.3 Å². The van der Waals surface area contributed by atoms with Crippen LogP contribution >= 0.6 is 11.3 Å². The van der Waals surface area contributed by atoms with Gasteiger partial charge >= 0.3 is 12.0 Å². The summed E-state index contributed by atoms with van der Waals surface area (Å²) in [6.07, 6.45) is 2.39. The summed E-state index contributed by atoms with van der Waals surface area (Å²) >= 11 is 1.25. The van der Waals surface area contributed by atoms with E-state index in [1.54, 1.807) is 12.0 Å². The smallest absolute Gasteiger partial charge is 0.323 e. The third kappa shape index (κ3) is 3.01. The molecule has 8 nitrogen and oxygen atoms in total. The first-order valence-electron chi connectivity index (χ1n) is 8.80. The van der Waals surface area contributed by atoms with Crippen LogP contribution < -0.4 is 10.1 Å². The Morgan fingerprint density at radius 2 is 2.19 bits per heavy atom. The number of methoxy groups -OCH3 is 1. The molecule has 142 valence electrons. The number of carboxylic acid groups (broad SMARTS) is 1. The maximum absolute atomic E-state index is 12.6. The molecule has 2 amide bonds. The maximum atomic E-state index is 12.6. The number of nitrogens with zero attached hydrogens (tertiary/aromatic N) is 3. The van der Waals surface area contributed by atoms with Crippen LogP contribution in [0.1, 0.15) is 19.3 Å². The van der Waals surface area contributed by atoms with Crippen molar-refractivity contribution in [3.63, 3.8) is 0 Å². The monoisotopic (exact) mass is 388 g/mol. The van der Waals surface area contributed by atoms with E-state index < -0.39 is 11.4 Å². The number of para-hydroxylation sites is 1. The molecule has 2 aromatic rings. The molecule has 1 saturated heterocycles. The number of anilines is 1. The topological polar surface area (TPSA) is 105 Å². The van der Waals surface area contributed by atoms with E-state index in [1.807, 2.05) is 24.3 Å². The number of hydrogen-bond donors (Lipinski definition) is 2. The van der Waals surface area contributed by atoms with Crippen molar-refractivity contribution in [3.05, 3.63) is 24.3 Å². The average molecular weight is 388 g/mol. The van der Waals surface area contributed by atoms with E-state index in [-0.39, 0.29) is 18.5 Å². The van der Waals surface area contributed by atoms with Gasteiger partial charge in [-0.15, -0.1) is 10.2 Å². The highest BCUT2D eigenvalue weighted by molar-refractivity contribution is 7.18. The molecule has 1 aromatic carbocycles. The molecule has 1 saturated carbocycles. The Labute approximate surface area is 160 Å². The number of hydrogen-bond acceptors (Lipinski definition) is 6. The number of carbonyl (C=O) groups excluding carboxylic acids is 1. The molecule has 0 unspecified atom stereocenters. The van der Waals surface area contributed by atoms with Gasteiger partial charge in [-0.2, -0.15) is 0 Å². The summed E-state index contributed by atoms with van der Waals surface area (Å²) < 4.78 is 5.33. The van der Waals surface area contributed by atoms with Crippen molar-refractivity contribution < 1.29 is 19.4 Å². The van der Waals surface area contributed by atoms with Gasteiger partial charge in [0.05, 0.1) is 18.1 Å². The van der Waals surface area contributed by atoms with Gasteiger partial charge in [-0.1, -0.05) is 29.9 Å². The number of ether oxygens (including phenoxy) is 1. The Morgan fingerprint density at radius 1 is 1.37 bits per heavy atom. The van der Waals surface area contributed by atoms with Gasteiger partial charge in [-0.05, 0) is 30.9 Å². The highest BCUT2D eigenvalue weighted by atomic mass is 32.1. The molecule has 1 aromatic heterocycles. The van der Waals surface area contributed by atoms with E-state index >= 15 is 0 Å². The molecule has 2 fully saturated rings. The molecule has 0 bridgehead atoms. The summed E-state index contributed by atoms with van der Waals surface area (Å²) in [6.45, 7) is 0.716. The zero-order valence-electron chi connectivity index (χ0n) is 14.8. The molecule has 27 heavy (non-hydrogen) atoms. The Kier molecular flexibility index (Phi) is 4.47. The van der Waals surface area contributed by atoms with Gasteiger partial charge in [-0.25, -0.2) is 4.79 Å². The third-order valence-electron chi connectivity index (χ3n) is 5.56. The van der Waals surface area contributed by atoms with Gasteiger partial charge in [0, 0.05) is 13.1 Å². The molecule has 2 atom stereocenters. The second kappa shape index (κ2) is 6.80. The maximum Gasteiger partial charge on any atom is 0.323 e. The van der Waals surface area contributed by atoms with Gasteiger partial charge < -0.3 is 14.7 Å². The van der Waals surface area contributed by atoms with Crippen molar-refractivity contribution in [2.45, 2.75) is 19.3 Å². The van der Waals surface area contributed by atoms with Crippen molar-refractivity contribution >= 4 is 28.5 Å². The first-order chi connectivity index (χ1) is 13.0. The first-order valence-corrected chi connectivity index (χ1v) is 9.61. The number of amides is 2. The summed E-state index contributed by atoms with van der Waals surface area (Å²) in [6, 6.07) is 7.14. The van der Waals surface area contributed by atoms with Crippen LogP contribution in [0.25, 0.3) is 10.6 Å². The van der Waals surface area contributed by atoms with Crippen LogP contribution in [0.3, 0.4) is 0 Å². The van der Waals surface area contributed by atoms with Crippen molar-refractivity contribution in [3.8, 4) is 16.3 Å². The number of likely N-dealkylation sites (tertiary alicyclic amines) is 1. The Hall–Kier alpha value is -2.68. The molecule has 2 heterocycles. The second-order valence-corrected chi connectivity index (χ2v) is 7.95. The van der Waals surface area contributed by atoms with Gasteiger partial charge in [0.2, 0.25) is 5.13 Å². The van der Waals surface area contributed by atoms with Gasteiger partial charge in [-0.3, -0.25) is 10.1 Å². The highest BCUT2D eigenvalue weighted by Crippen LogP contribution is 2.49. The minimum Gasteiger partial charge on any atom is -0.496 e. The van der Waals surface area contributed by atoms with Crippen LogP contribution in [-0.2, 0) is 4.79 Å². The number of aromatic nitrogens is 2. The minimum absolute atomic E-state index is 0.0271. The molecule has 1 aliphatic carbocycles. The van der Waals surface area contributed by atoms with Crippen molar-refractivity contribution in [2.75, 3.05) is 25.5 Å². The number of benzene rings is 1. The third-order valence-corrected chi connectivity index (χ3v) is 6.43. The van der Waals surface area contributed by atoms with Crippen LogP contribution in [0.4, 0.5) is 9.93 Å². The molecule has 0 radical (unpaired) electrons. The van der Waals surface area contributed by atoms with E-state index in [0.29, 0.717) is 28.9 Å². The summed E-state index contributed by atoms with van der Waals surface area (Å²) in [5.74, 6) is -0.0868. The van der Waals surface area contributed by atoms with E-state index in [0.717, 1.165) is 18.4 Å². The molecule has 2 aliphatic rings. The largest absolute Gasteiger partial charge is 0.496 e. The van der Waals surface area contributed by atoms with Crippen LogP contribution in [0, 0.1) is 11.3 Å². The SMILES string of the molecule is COc1ccccc1-c1nnc(NC(=O)N2C[C@@H]3CCC[C@@]3(C(=O)O)C2)s1. The number of fused-ring (bicyclic) bond motifs is 1. The zero-order valence-corrected chi connectivity index (χ0v) is 15.7. The second-order valence-electron chi connectivity index (χ2n) is 6.97. The lowest BCUT2D eigenvalue weighted by Gasteiger charge is -2.23. The fourth-order valence-corrected chi connectivity index (χ4v) is 4.93. The van der Waals surface area contributed by atoms with Gasteiger partial charge in [0.25, 0.3) is 0 Å². The number of nitrogens with one attached hydrogen (secondary N) is 1. The number of carboxylic acids is 1. The van der Waals surface area contributed by atoms with Crippen LogP contribution in [0.2, 0.25) is 0 Å². The quantitative estimate of drug-likeness (QED) is 0.834. The van der Waals surface area contributed by atoms with Crippen molar-refractivity contribution in [1.29, 1.82) is 0 Å². The summed E-state index contributed by atoms with van der Waals surface area (Å²) in [5.41, 5.74) is 0.0136. The van der Waals surface area contributed by atoms with E-state index in [2.05, 4.69) is 15.5 Å². The number of aliphatic carboxylic acids is 1. The van der Waals surface area contributed by atoms with Gasteiger partial charge in [0.1, 0.15) is 5.75 Å². The minimum atomic E-state index is -0.797. The van der Waals surface area contributed by atoms with Crippen molar-refractivity contribution in [2.24, 2.45) is 11.3 Å². The molecule has 1 aliphatic heterocycles. The predicted molar refractivity (Wildman–Crippen MR) is 99.9 cm³/mol. The lowest BCUT2D eigenvalue weighted by molar-refractivity contribution is -0.149. The lowest BCUT2D eigenvalue weighted by Crippen LogP contribution is -2.38. The standard InChI is InChI=1S/C18H20N4O4S/c1-26-13-7-3-2-6-12(13)14-20-21-16(27-14)19-17(25)22-9-11-5-4-8-18(11,10-22)15(23)24/h2-3,6-7,11H,4-5,8-10H2,1H3,(H,23,24)(H,19,21,25)/t11-,18+/m0/s1. The average Bonchev–Trinajstić information content (AvgIpc) is 3.35.